The van der Waals surface area contributed by atoms with Crippen molar-refractivity contribution < 1.29 is 72.4 Å². The number of aliphatic carboxylic acids is 1. The average Bonchev–Trinajstić information content (AvgIpc) is 3.89. The normalized spacial score (nSPS) is 30.6. The van der Waals surface area contributed by atoms with Gasteiger partial charge in [-0.15, -0.1) is 0 Å². The van der Waals surface area contributed by atoms with Crippen molar-refractivity contribution in [2.24, 2.45) is 35.6 Å². The summed E-state index contributed by atoms with van der Waals surface area (Å²) in [6, 6.07) is 5.54. The van der Waals surface area contributed by atoms with E-state index in [-0.39, 0.29) is 47.4 Å². The number of carbonyl (C=O) groups excluding carboxylic acids is 5. The van der Waals surface area contributed by atoms with E-state index in [2.05, 4.69) is 31.9 Å². The molecule has 4 aliphatic carbocycles. The fourth-order valence-corrected chi connectivity index (χ4v) is 11.8. The number of aryl methyl sites for hydroxylation is 1. The molecule has 19 nitrogen and oxygen atoms in total. The number of phosphoric ester groups is 1. The molecule has 7 rings (SSSR count). The number of anilines is 1. The number of aliphatic hydroxyl groups is 2. The predicted molar refractivity (Wildman–Crippen MR) is 233 cm³/mol. The number of carboxylic acid groups (broad SMARTS) is 1. The van der Waals surface area contributed by atoms with Gasteiger partial charge < -0.3 is 55.1 Å². The van der Waals surface area contributed by atoms with Crippen molar-refractivity contribution in [2.75, 3.05) is 23.8 Å². The Kier molecular flexibility index (Phi) is 14.0. The van der Waals surface area contributed by atoms with Crippen LogP contribution < -0.4 is 16.0 Å². The van der Waals surface area contributed by atoms with Gasteiger partial charge in [0.2, 0.25) is 17.7 Å². The highest BCUT2D eigenvalue weighted by Gasteiger charge is 2.76. The predicted octanol–water partition coefficient (Wildman–Crippen LogP) is 2.63. The molecule has 3 saturated carbocycles. The fourth-order valence-electron chi connectivity index (χ4n) is 11.4. The number of hydrogen-bond acceptors (Lipinski definition) is 12. The first-order chi connectivity index (χ1) is 30.6. The van der Waals surface area contributed by atoms with Crippen LogP contribution in [0.2, 0.25) is 0 Å². The molecule has 8 N–H and O–H groups in total. The number of ether oxygens (including phenoxy) is 2. The van der Waals surface area contributed by atoms with E-state index < -0.39 is 104 Å². The lowest BCUT2D eigenvalue weighted by atomic mass is 9.46. The molecule has 0 unspecified atom stereocenters. The molecule has 0 radical (unpaired) electrons. The van der Waals surface area contributed by atoms with Crippen LogP contribution in [0, 0.1) is 28.6 Å². The lowest BCUT2D eigenvalue weighted by molar-refractivity contribution is -0.200. The second kappa shape index (κ2) is 18.7. The number of alkyl halides is 1. The number of rotatable bonds is 17. The summed E-state index contributed by atoms with van der Waals surface area (Å²) in [5.74, 6) is -4.42. The molecule has 1 aliphatic heterocycles. The number of Topliss-reactive ketones (excluding diaryl/α,β-unsaturated/α-hetero) is 1. The fraction of sp³-hybridized carbons (Fsp3) is 0.545. The molecule has 21 heteroatoms. The van der Waals surface area contributed by atoms with E-state index in [4.69, 9.17) is 14.0 Å². The summed E-state index contributed by atoms with van der Waals surface area (Å²) >= 11 is 2.97. The first kappa shape index (κ1) is 48.6. The van der Waals surface area contributed by atoms with Gasteiger partial charge >= 0.3 is 13.8 Å². The standard InChI is InChI=1S/C44H54BrN4O15P/c1-42-11-10-28(51)15-26(42)5-6-29-30-16-35-44(34(53)22-62-65(59,60)61,43(30,2)17-33(52)39(29)42)64-41(63-35)24-14-27(49(3)20-24)13-23-4-7-31(25(12-23)21-50)48-40(58)32(8-9-38(56)57)47-37(55)19-46-36(54)18-45/h4,7,10-12,14-15,20,29-30,32-33,35,39,41,50,52H,5-6,8-9,13,16-19,21-22H2,1-3H3,(H,46,54)(H,47,55)(H,48,58)(H,56,57)(H2,59,60,61)/t29-,30-,32-,33-,35+,39+,41+,42-,43-,44+/m0/s1. The topological polar surface area (TPSA) is 289 Å². The maximum Gasteiger partial charge on any atom is 0.470 e. The van der Waals surface area contributed by atoms with Crippen molar-refractivity contribution in [3.8, 4) is 0 Å². The number of aromatic nitrogens is 1. The summed E-state index contributed by atoms with van der Waals surface area (Å²) in [5.41, 5.74) is 0.194. The number of allylic oxidation sites excluding steroid dienone is 4. The average molecular weight is 990 g/mol. The number of nitrogens with zero attached hydrogens (tertiary/aromatic N) is 1. The Balaban J connectivity index is 1.10. The lowest BCUT2D eigenvalue weighted by Gasteiger charge is -2.59. The zero-order chi connectivity index (χ0) is 47.2. The summed E-state index contributed by atoms with van der Waals surface area (Å²) in [7, 11) is -3.27. The Morgan fingerprint density at radius 2 is 1.88 bits per heavy atom. The SMILES string of the molecule is Cn1cc([C@@H]2O[C@@H]3C[C@H]4[C@@H]5CCC6=CC(=O)C=C[C@]6(C)[C@H]5[C@@H](O)C[C@]4(C)[C@]3(C(=O)COP(=O)(O)O)O2)cc1Cc1ccc(NC(=O)[C@H](CCC(=O)O)NC(=O)CNC(=O)CBr)c(CO)c1. The number of amides is 3. The highest BCUT2D eigenvalue weighted by atomic mass is 79.9. The number of carbonyl (C=O) groups is 6. The Bertz CT molecular complexity index is 2380. The van der Waals surface area contributed by atoms with Crippen LogP contribution in [0.15, 0.2) is 54.3 Å². The first-order valence-electron chi connectivity index (χ1n) is 21.3. The quantitative estimate of drug-likeness (QED) is 0.0835. The first-order valence-corrected chi connectivity index (χ1v) is 24.0. The Labute approximate surface area is 382 Å². The highest BCUT2D eigenvalue weighted by Crippen LogP contribution is 2.70. The maximum atomic E-state index is 14.5. The minimum absolute atomic E-state index is 0.0413. The van der Waals surface area contributed by atoms with Crippen LogP contribution in [0.1, 0.15) is 81.0 Å². The monoisotopic (exact) mass is 988 g/mol. The molecular weight excluding hydrogens is 935 g/mol. The summed E-state index contributed by atoms with van der Waals surface area (Å²) in [6.07, 6.45) is 5.42. The van der Waals surface area contributed by atoms with Crippen molar-refractivity contribution in [3.63, 3.8) is 0 Å². The smallest absolute Gasteiger partial charge is 0.470 e. The van der Waals surface area contributed by atoms with Gasteiger partial charge in [-0.1, -0.05) is 53.6 Å². The van der Waals surface area contributed by atoms with E-state index in [1.54, 1.807) is 43.6 Å². The van der Waals surface area contributed by atoms with E-state index in [0.29, 0.717) is 36.8 Å². The van der Waals surface area contributed by atoms with Crippen LogP contribution in [0.4, 0.5) is 5.69 Å². The van der Waals surface area contributed by atoms with Gasteiger partial charge in [0.25, 0.3) is 0 Å². The molecule has 0 bridgehead atoms. The third kappa shape index (κ3) is 9.47. The number of phosphoric acid groups is 1. The highest BCUT2D eigenvalue weighted by molar-refractivity contribution is 9.09. The van der Waals surface area contributed by atoms with Crippen molar-refractivity contribution in [1.82, 2.24) is 15.2 Å². The molecule has 1 saturated heterocycles. The molecule has 10 atom stereocenters. The van der Waals surface area contributed by atoms with Gasteiger partial charge in [0.05, 0.1) is 30.7 Å². The number of fused-ring (bicyclic) bond motifs is 7. The zero-order valence-electron chi connectivity index (χ0n) is 36.0. The van der Waals surface area contributed by atoms with E-state index in [9.17, 15) is 58.4 Å². The van der Waals surface area contributed by atoms with E-state index >= 15 is 0 Å². The Hall–Kier alpha value is -4.37. The Morgan fingerprint density at radius 1 is 1.12 bits per heavy atom. The number of carboxylic acids is 1. The van der Waals surface area contributed by atoms with Gasteiger partial charge in [0.1, 0.15) is 12.6 Å². The van der Waals surface area contributed by atoms with Crippen LogP contribution in [-0.4, -0.2) is 107 Å². The molecule has 4 fully saturated rings. The van der Waals surface area contributed by atoms with Gasteiger partial charge in [-0.25, -0.2) is 4.57 Å². The number of halogens is 1. The van der Waals surface area contributed by atoms with E-state index in [1.807, 2.05) is 30.6 Å². The summed E-state index contributed by atoms with van der Waals surface area (Å²) in [5, 5.41) is 39.0. The minimum Gasteiger partial charge on any atom is -0.481 e. The second-order valence-corrected chi connectivity index (χ2v) is 19.9. The number of benzene rings is 1. The molecule has 0 spiro atoms. The molecule has 352 valence electrons. The summed E-state index contributed by atoms with van der Waals surface area (Å²) in [4.78, 5) is 94.7. The molecule has 5 aliphatic rings. The van der Waals surface area contributed by atoms with Crippen LogP contribution in [0.5, 0.6) is 0 Å². The van der Waals surface area contributed by atoms with Gasteiger partial charge in [0.15, 0.2) is 23.5 Å². The van der Waals surface area contributed by atoms with E-state index in [1.165, 1.54) is 0 Å². The number of ketones is 2. The van der Waals surface area contributed by atoms with Crippen LogP contribution in [0.25, 0.3) is 0 Å². The van der Waals surface area contributed by atoms with Crippen molar-refractivity contribution in [2.45, 2.75) is 95.5 Å². The minimum atomic E-state index is -5.07. The van der Waals surface area contributed by atoms with Crippen LogP contribution in [0.3, 0.4) is 0 Å². The molecular formula is C44H54BrN4O15P. The van der Waals surface area contributed by atoms with Crippen LogP contribution in [-0.2, 0) is 67.4 Å². The summed E-state index contributed by atoms with van der Waals surface area (Å²) < 4.78 is 31.9. The molecule has 1 aromatic carbocycles. The third-order valence-electron chi connectivity index (χ3n) is 14.3. The third-order valence-corrected chi connectivity index (χ3v) is 15.2. The number of aliphatic hydroxyl groups excluding tert-OH is 2. The van der Waals surface area contributed by atoms with Gasteiger partial charge in [-0.3, -0.25) is 33.3 Å². The molecule has 2 heterocycles. The largest absolute Gasteiger partial charge is 0.481 e. The number of nitrogens with one attached hydrogen (secondary N) is 3. The van der Waals surface area contributed by atoms with Gasteiger partial charge in [-0.2, -0.15) is 0 Å². The van der Waals surface area contributed by atoms with E-state index in [0.717, 1.165) is 16.8 Å². The Morgan fingerprint density at radius 3 is 2.57 bits per heavy atom. The number of hydrogen-bond donors (Lipinski definition) is 8. The van der Waals surface area contributed by atoms with Gasteiger partial charge in [-0.05, 0) is 73.8 Å². The maximum absolute atomic E-state index is 14.5. The molecule has 65 heavy (non-hydrogen) atoms. The molecule has 3 amide bonds. The van der Waals surface area contributed by atoms with Crippen molar-refractivity contribution >= 4 is 64.7 Å². The van der Waals surface area contributed by atoms with Crippen LogP contribution >= 0.6 is 23.8 Å². The molecule has 1 aromatic heterocycles. The summed E-state index contributed by atoms with van der Waals surface area (Å²) in [6.45, 7) is 2.05. The second-order valence-electron chi connectivity index (χ2n) is 18.1. The zero-order valence-corrected chi connectivity index (χ0v) is 38.5. The van der Waals surface area contributed by atoms with Crippen molar-refractivity contribution in [3.05, 3.63) is 76.6 Å². The lowest BCUT2D eigenvalue weighted by Crippen LogP contribution is -2.63. The van der Waals surface area contributed by atoms with Gasteiger partial charge in [0, 0.05) is 65.3 Å². The molecule has 2 aromatic rings. The van der Waals surface area contributed by atoms with Crippen molar-refractivity contribution in [1.29, 1.82) is 0 Å².